The van der Waals surface area contributed by atoms with E-state index in [9.17, 15) is 33.6 Å². The lowest BCUT2D eigenvalue weighted by Crippen LogP contribution is -2.61. The number of benzene rings is 1. The fourth-order valence-electron chi connectivity index (χ4n) is 9.78. The van der Waals surface area contributed by atoms with E-state index in [1.54, 1.807) is 50.0 Å². The molecule has 3 aliphatic rings. The highest BCUT2D eigenvalue weighted by atomic mass is 16.5. The number of amides is 5. The molecule has 0 unspecified atom stereocenters. The van der Waals surface area contributed by atoms with Crippen LogP contribution in [0.4, 0.5) is 17.5 Å². The van der Waals surface area contributed by atoms with Gasteiger partial charge in [0, 0.05) is 76.9 Å². The number of likely N-dealkylation sites (N-methyl/N-ethyl adjacent to an activating group) is 3. The predicted molar refractivity (Wildman–Crippen MR) is 277 cm³/mol. The van der Waals surface area contributed by atoms with Gasteiger partial charge in [0.05, 0.1) is 30.0 Å². The molecule has 392 valence electrons. The van der Waals surface area contributed by atoms with Crippen molar-refractivity contribution in [3.63, 3.8) is 0 Å². The first kappa shape index (κ1) is 53.8. The summed E-state index contributed by atoms with van der Waals surface area (Å²) in [6.07, 6.45) is 7.43. The van der Waals surface area contributed by atoms with Gasteiger partial charge < -0.3 is 46.0 Å². The maximum Gasteiger partial charge on any atom is 0.263 e. The summed E-state index contributed by atoms with van der Waals surface area (Å²) in [6, 6.07) is 6.91. The number of nitrogens with one attached hydrogen (secondary N) is 5. The van der Waals surface area contributed by atoms with Gasteiger partial charge in [0.1, 0.15) is 29.3 Å². The number of Topliss-reactive ketones (excluding diaryl/α,β-unsaturated/α-hetero) is 1. The monoisotopic (exact) mass is 1010 g/mol. The zero-order valence-electron chi connectivity index (χ0n) is 43.6. The Morgan fingerprint density at radius 3 is 2.32 bits per heavy atom. The summed E-state index contributed by atoms with van der Waals surface area (Å²) >= 11 is 0. The van der Waals surface area contributed by atoms with E-state index in [0.717, 1.165) is 42.5 Å². The van der Waals surface area contributed by atoms with E-state index in [-0.39, 0.29) is 78.6 Å². The molecule has 0 spiro atoms. The van der Waals surface area contributed by atoms with Crippen LogP contribution in [-0.4, -0.2) is 161 Å². The summed E-state index contributed by atoms with van der Waals surface area (Å²) in [5, 5.41) is 15.2. The van der Waals surface area contributed by atoms with Gasteiger partial charge in [0.2, 0.25) is 29.6 Å². The molecule has 5 N–H and O–H groups in total. The average molecular weight is 1010 g/mol. The van der Waals surface area contributed by atoms with Crippen LogP contribution in [0.5, 0.6) is 5.75 Å². The van der Waals surface area contributed by atoms with Crippen LogP contribution in [0.1, 0.15) is 93.4 Å². The molecule has 21 heteroatoms. The van der Waals surface area contributed by atoms with Crippen molar-refractivity contribution in [3.8, 4) is 5.75 Å². The molecule has 5 heterocycles. The van der Waals surface area contributed by atoms with E-state index in [1.807, 2.05) is 55.8 Å². The number of pyridine rings is 2. The number of piperazine rings is 1. The van der Waals surface area contributed by atoms with Crippen LogP contribution >= 0.6 is 0 Å². The SMILES string of the molecule is CNC(=O)[C@@H]1Cc2ccc(OCC(=O)NCCN(C)CC(=O)N3CCN(c4ccc(Nc5ncc6c(C)c(C(C)=O)c(=O)n(C7CCCC7)c6n5)nc4)CC3)cc2CN1C(=O)[C@@H](NC(=O)[C@H](C)NC)C(C)(C)C. The summed E-state index contributed by atoms with van der Waals surface area (Å²) < 4.78 is 7.56. The van der Waals surface area contributed by atoms with Crippen molar-refractivity contribution in [2.45, 2.75) is 104 Å². The minimum atomic E-state index is -0.900. The molecule has 0 radical (unpaired) electrons. The molecule has 1 aromatic carbocycles. The molecule has 3 atom stereocenters. The van der Waals surface area contributed by atoms with E-state index in [0.29, 0.717) is 73.4 Å². The smallest absolute Gasteiger partial charge is 0.263 e. The number of rotatable bonds is 18. The van der Waals surface area contributed by atoms with Crippen LogP contribution in [0, 0.1) is 12.3 Å². The lowest BCUT2D eigenvalue weighted by Gasteiger charge is -2.41. The van der Waals surface area contributed by atoms with Crippen molar-refractivity contribution in [2.75, 3.05) is 83.8 Å². The second kappa shape index (κ2) is 23.3. The summed E-state index contributed by atoms with van der Waals surface area (Å²) in [7, 11) is 5.02. The van der Waals surface area contributed by atoms with Crippen molar-refractivity contribution in [2.24, 2.45) is 5.41 Å². The summed E-state index contributed by atoms with van der Waals surface area (Å²) in [6.45, 7) is 13.6. The normalized spacial score (nSPS) is 17.0. The summed E-state index contributed by atoms with van der Waals surface area (Å²) in [4.78, 5) is 114. The van der Waals surface area contributed by atoms with Crippen LogP contribution < -0.4 is 41.8 Å². The maximum atomic E-state index is 14.2. The molecular weight excluding hydrogens is 935 g/mol. The van der Waals surface area contributed by atoms with Crippen molar-refractivity contribution in [1.82, 2.24) is 55.5 Å². The van der Waals surface area contributed by atoms with Crippen molar-refractivity contribution < 1.29 is 33.5 Å². The van der Waals surface area contributed by atoms with Crippen LogP contribution in [0.2, 0.25) is 0 Å². The lowest BCUT2D eigenvalue weighted by atomic mass is 9.84. The number of hydrogen-bond donors (Lipinski definition) is 5. The highest BCUT2D eigenvalue weighted by molar-refractivity contribution is 5.99. The number of anilines is 3. The van der Waals surface area contributed by atoms with Crippen LogP contribution in [0.3, 0.4) is 0 Å². The maximum absolute atomic E-state index is 14.2. The van der Waals surface area contributed by atoms with Crippen molar-refractivity contribution >= 4 is 63.8 Å². The number of ether oxygens (including phenoxy) is 1. The average Bonchev–Trinajstić information content (AvgIpc) is 3.90. The van der Waals surface area contributed by atoms with Gasteiger partial charge in [-0.2, -0.15) is 4.98 Å². The second-order valence-electron chi connectivity index (χ2n) is 20.4. The molecule has 5 amide bonds. The molecule has 2 fully saturated rings. The highest BCUT2D eigenvalue weighted by Gasteiger charge is 2.42. The number of aryl methyl sites for hydroxylation is 1. The molecule has 1 saturated heterocycles. The number of hydrogen-bond acceptors (Lipinski definition) is 15. The van der Waals surface area contributed by atoms with Gasteiger partial charge in [-0.05, 0) is 94.1 Å². The van der Waals surface area contributed by atoms with Crippen molar-refractivity contribution in [3.05, 3.63) is 75.3 Å². The molecule has 3 aromatic heterocycles. The Hall–Kier alpha value is -7.00. The van der Waals surface area contributed by atoms with Crippen LogP contribution in [-0.2, 0) is 36.9 Å². The zero-order valence-corrected chi connectivity index (χ0v) is 43.6. The number of aromatic nitrogens is 4. The van der Waals surface area contributed by atoms with Gasteiger partial charge >= 0.3 is 0 Å². The summed E-state index contributed by atoms with van der Waals surface area (Å²) in [5.41, 5.74) is 2.87. The van der Waals surface area contributed by atoms with Crippen LogP contribution in [0.15, 0.2) is 47.5 Å². The van der Waals surface area contributed by atoms with Crippen molar-refractivity contribution in [1.29, 1.82) is 0 Å². The largest absolute Gasteiger partial charge is 0.484 e. The fourth-order valence-corrected chi connectivity index (χ4v) is 9.78. The van der Waals surface area contributed by atoms with Gasteiger partial charge in [-0.3, -0.25) is 43.0 Å². The highest BCUT2D eigenvalue weighted by Crippen LogP contribution is 2.33. The number of fused-ring (bicyclic) bond motifs is 2. The molecule has 73 heavy (non-hydrogen) atoms. The quantitative estimate of drug-likeness (QED) is 0.0900. The minimum absolute atomic E-state index is 0.00711. The number of carbonyl (C=O) groups is 6. The van der Waals surface area contributed by atoms with E-state index >= 15 is 0 Å². The third-order valence-corrected chi connectivity index (χ3v) is 14.2. The van der Waals surface area contributed by atoms with E-state index < -0.39 is 23.5 Å². The lowest BCUT2D eigenvalue weighted by molar-refractivity contribution is -0.147. The molecule has 2 aliphatic heterocycles. The number of ketones is 1. The Labute approximate surface area is 426 Å². The van der Waals surface area contributed by atoms with Gasteiger partial charge in [0.15, 0.2) is 12.4 Å². The molecular formula is C52H71N13O8. The Kier molecular flexibility index (Phi) is 17.1. The van der Waals surface area contributed by atoms with E-state index in [1.165, 1.54) is 18.9 Å². The zero-order chi connectivity index (χ0) is 52.7. The standard InChI is InChI=1S/C52H71N13O8/c1-31-39-27-57-51(60-46(39)65(36-12-10-11-13-36)49(71)44(31)33(3)66)58-41-17-15-37(26-56-41)62-20-22-63(23-21-62)43(68)29-61(9)19-18-55-42(67)30-73-38-16-14-34-25-40(48(70)54-8)64(28-35(34)24-38)50(72)45(52(4,5)6)59-47(69)32(2)53-7/h14-17,24,26-27,32,36,40,45,53H,10-13,18-23,25,28-30H2,1-9H3,(H,54,70)(H,55,67)(H,59,69)(H,56,57,58,60)/t32-,40-,45+/m0/s1. The molecule has 4 aromatic rings. The Morgan fingerprint density at radius 2 is 1.67 bits per heavy atom. The predicted octanol–water partition coefficient (Wildman–Crippen LogP) is 2.47. The third kappa shape index (κ3) is 12.6. The molecule has 1 aliphatic carbocycles. The Balaban J connectivity index is 0.852. The molecule has 21 nitrogen and oxygen atoms in total. The molecule has 1 saturated carbocycles. The van der Waals surface area contributed by atoms with Gasteiger partial charge in [-0.1, -0.05) is 39.7 Å². The number of carbonyl (C=O) groups excluding carboxylic acids is 6. The van der Waals surface area contributed by atoms with Crippen LogP contribution in [0.25, 0.3) is 11.0 Å². The third-order valence-electron chi connectivity index (χ3n) is 14.2. The van der Waals surface area contributed by atoms with Gasteiger partial charge in [0.25, 0.3) is 11.5 Å². The molecule has 7 rings (SSSR count). The Bertz CT molecular complexity index is 2760. The molecule has 0 bridgehead atoms. The minimum Gasteiger partial charge on any atom is -0.484 e. The van der Waals surface area contributed by atoms with E-state index in [4.69, 9.17) is 9.72 Å². The topological polar surface area (TPSA) is 245 Å². The first-order chi connectivity index (χ1) is 34.8. The first-order valence-electron chi connectivity index (χ1n) is 25.2. The second-order valence-corrected chi connectivity index (χ2v) is 20.4. The van der Waals surface area contributed by atoms with Gasteiger partial charge in [-0.25, -0.2) is 9.97 Å². The number of nitrogens with zero attached hydrogens (tertiary/aromatic N) is 8. The van der Waals surface area contributed by atoms with E-state index in [2.05, 4.69) is 41.5 Å². The summed E-state index contributed by atoms with van der Waals surface area (Å²) in [5.74, 6) is -0.371. The Morgan fingerprint density at radius 1 is 0.945 bits per heavy atom. The fraction of sp³-hybridized carbons (Fsp3) is 0.538. The van der Waals surface area contributed by atoms with Gasteiger partial charge in [-0.15, -0.1) is 0 Å². The first-order valence-corrected chi connectivity index (χ1v) is 25.2.